The molecule has 2 fully saturated rings. The fourth-order valence-electron chi connectivity index (χ4n) is 3.44. The molecule has 2 aliphatic heterocycles. The van der Waals surface area contributed by atoms with E-state index in [4.69, 9.17) is 9.84 Å². The van der Waals surface area contributed by atoms with E-state index in [9.17, 15) is 0 Å². The van der Waals surface area contributed by atoms with Crippen LogP contribution in [-0.4, -0.2) is 49.0 Å². The molecule has 2 aliphatic rings. The van der Waals surface area contributed by atoms with Crippen LogP contribution in [0.4, 0.5) is 5.69 Å². The summed E-state index contributed by atoms with van der Waals surface area (Å²) in [5.41, 5.74) is 1.16. The van der Waals surface area contributed by atoms with Crippen molar-refractivity contribution in [3.05, 3.63) is 18.5 Å². The quantitative estimate of drug-likeness (QED) is 0.804. The third kappa shape index (κ3) is 4.11. The Bertz CT molecular complexity index is 463. The molecule has 0 unspecified atom stereocenters. The summed E-state index contributed by atoms with van der Waals surface area (Å²) in [6.45, 7) is 4.27. The van der Waals surface area contributed by atoms with Crippen LogP contribution < -0.4 is 15.0 Å². The zero-order valence-corrected chi connectivity index (χ0v) is 13.2. The standard InChI is InChI=1S/C17H27N3O2/c21-8-2-3-14-5-7-20(12-14)16-9-17(11-18-10-16)22-13-15-4-1-6-19-15/h9-11,14-15,19,21H,1-8,12-13H2/t14-,15-/m1/s1. The first kappa shape index (κ1) is 15.6. The number of hydrogen-bond acceptors (Lipinski definition) is 5. The number of aromatic nitrogens is 1. The summed E-state index contributed by atoms with van der Waals surface area (Å²) in [6.07, 6.45) is 9.41. The van der Waals surface area contributed by atoms with E-state index in [2.05, 4.69) is 21.3 Å². The number of aliphatic hydroxyl groups excluding tert-OH is 1. The summed E-state index contributed by atoms with van der Waals surface area (Å²) in [4.78, 5) is 6.72. The lowest BCUT2D eigenvalue weighted by atomic mass is 10.0. The Balaban J connectivity index is 1.52. The predicted octanol–water partition coefficient (Wildman–Crippen LogP) is 1.81. The predicted molar refractivity (Wildman–Crippen MR) is 87.4 cm³/mol. The van der Waals surface area contributed by atoms with Crippen molar-refractivity contribution in [2.24, 2.45) is 5.92 Å². The molecule has 0 bridgehead atoms. The maximum absolute atomic E-state index is 8.95. The average molecular weight is 305 g/mol. The molecular weight excluding hydrogens is 278 g/mol. The Kier molecular flexibility index (Phi) is 5.51. The summed E-state index contributed by atoms with van der Waals surface area (Å²) < 4.78 is 5.90. The van der Waals surface area contributed by atoms with Crippen LogP contribution in [0.2, 0.25) is 0 Å². The number of ether oxygens (including phenoxy) is 1. The second-order valence-corrected chi connectivity index (χ2v) is 6.45. The third-order valence-electron chi connectivity index (χ3n) is 4.73. The second kappa shape index (κ2) is 7.79. The van der Waals surface area contributed by atoms with Crippen molar-refractivity contribution in [2.75, 3.05) is 37.7 Å². The van der Waals surface area contributed by atoms with Crippen molar-refractivity contribution in [1.82, 2.24) is 10.3 Å². The molecule has 5 heteroatoms. The molecule has 0 aliphatic carbocycles. The Hall–Kier alpha value is -1.33. The van der Waals surface area contributed by atoms with Gasteiger partial charge in [-0.05, 0) is 44.6 Å². The van der Waals surface area contributed by atoms with Gasteiger partial charge < -0.3 is 20.1 Å². The molecule has 3 rings (SSSR count). The molecule has 0 aromatic carbocycles. The van der Waals surface area contributed by atoms with Crippen LogP contribution in [0.15, 0.2) is 18.5 Å². The van der Waals surface area contributed by atoms with Crippen LogP contribution in [0.5, 0.6) is 5.75 Å². The molecule has 2 atom stereocenters. The van der Waals surface area contributed by atoms with Gasteiger partial charge in [0.25, 0.3) is 0 Å². The van der Waals surface area contributed by atoms with E-state index in [1.807, 2.05) is 6.20 Å². The maximum atomic E-state index is 8.95. The van der Waals surface area contributed by atoms with Crippen molar-refractivity contribution in [2.45, 2.75) is 38.1 Å². The van der Waals surface area contributed by atoms with Gasteiger partial charge in [0.05, 0.1) is 18.1 Å². The molecule has 3 heterocycles. The summed E-state index contributed by atoms with van der Waals surface area (Å²) >= 11 is 0. The third-order valence-corrected chi connectivity index (χ3v) is 4.73. The van der Waals surface area contributed by atoms with Crippen molar-refractivity contribution < 1.29 is 9.84 Å². The highest BCUT2D eigenvalue weighted by atomic mass is 16.5. The van der Waals surface area contributed by atoms with Gasteiger partial charge in [0.1, 0.15) is 12.4 Å². The second-order valence-electron chi connectivity index (χ2n) is 6.45. The van der Waals surface area contributed by atoms with E-state index in [-0.39, 0.29) is 0 Å². The first-order chi connectivity index (χ1) is 10.8. The fourth-order valence-corrected chi connectivity index (χ4v) is 3.44. The first-order valence-electron chi connectivity index (χ1n) is 8.52. The highest BCUT2D eigenvalue weighted by molar-refractivity contribution is 5.49. The van der Waals surface area contributed by atoms with Crippen molar-refractivity contribution in [3.63, 3.8) is 0 Å². The number of aliphatic hydroxyl groups is 1. The Morgan fingerprint density at radius 3 is 3.14 bits per heavy atom. The molecule has 1 aromatic heterocycles. The van der Waals surface area contributed by atoms with Crippen molar-refractivity contribution >= 4 is 5.69 Å². The smallest absolute Gasteiger partial charge is 0.139 e. The fraction of sp³-hybridized carbons (Fsp3) is 0.706. The topological polar surface area (TPSA) is 57.6 Å². The largest absolute Gasteiger partial charge is 0.490 e. The van der Waals surface area contributed by atoms with Gasteiger partial charge in [0.2, 0.25) is 0 Å². The maximum Gasteiger partial charge on any atom is 0.139 e. The van der Waals surface area contributed by atoms with Gasteiger partial charge in [-0.15, -0.1) is 0 Å². The summed E-state index contributed by atoms with van der Waals surface area (Å²) in [5, 5.41) is 12.4. The van der Waals surface area contributed by atoms with Gasteiger partial charge >= 0.3 is 0 Å². The normalized spacial score (nSPS) is 24.9. The lowest BCUT2D eigenvalue weighted by molar-refractivity contribution is 0.274. The van der Waals surface area contributed by atoms with Crippen LogP contribution in [0.3, 0.4) is 0 Å². The van der Waals surface area contributed by atoms with E-state index in [1.54, 1.807) is 6.20 Å². The van der Waals surface area contributed by atoms with Crippen molar-refractivity contribution in [3.8, 4) is 5.75 Å². The molecule has 2 N–H and O–H groups in total. The summed E-state index contributed by atoms with van der Waals surface area (Å²) in [5.74, 6) is 1.56. The van der Waals surface area contributed by atoms with Crippen LogP contribution >= 0.6 is 0 Å². The molecule has 0 amide bonds. The molecule has 2 saturated heterocycles. The molecule has 1 aromatic rings. The van der Waals surface area contributed by atoms with Gasteiger partial charge in [-0.3, -0.25) is 4.98 Å². The zero-order valence-electron chi connectivity index (χ0n) is 13.2. The molecule has 22 heavy (non-hydrogen) atoms. The monoisotopic (exact) mass is 305 g/mol. The van der Waals surface area contributed by atoms with Crippen LogP contribution in [0.25, 0.3) is 0 Å². The highest BCUT2D eigenvalue weighted by Crippen LogP contribution is 2.28. The number of nitrogens with one attached hydrogen (secondary N) is 1. The lowest BCUT2D eigenvalue weighted by Gasteiger charge is -2.19. The van der Waals surface area contributed by atoms with E-state index >= 15 is 0 Å². The summed E-state index contributed by atoms with van der Waals surface area (Å²) in [7, 11) is 0. The SMILES string of the molecule is OCCC[C@@H]1CCN(c2cncc(OC[C@H]3CCCN3)c2)C1. The first-order valence-corrected chi connectivity index (χ1v) is 8.52. The minimum Gasteiger partial charge on any atom is -0.490 e. The van der Waals surface area contributed by atoms with Crippen LogP contribution in [0, 0.1) is 5.92 Å². The van der Waals surface area contributed by atoms with Gasteiger partial charge in [-0.25, -0.2) is 0 Å². The van der Waals surface area contributed by atoms with E-state index in [0.717, 1.165) is 50.5 Å². The van der Waals surface area contributed by atoms with Crippen LogP contribution in [0.1, 0.15) is 32.1 Å². The average Bonchev–Trinajstić information content (AvgIpc) is 3.23. The summed E-state index contributed by atoms with van der Waals surface area (Å²) in [6, 6.07) is 2.59. The minimum atomic E-state index is 0.302. The molecular formula is C17H27N3O2. The van der Waals surface area contributed by atoms with E-state index in [0.29, 0.717) is 18.6 Å². The van der Waals surface area contributed by atoms with Gasteiger partial charge in [0, 0.05) is 31.8 Å². The Morgan fingerprint density at radius 2 is 2.32 bits per heavy atom. The van der Waals surface area contributed by atoms with Crippen LogP contribution in [-0.2, 0) is 0 Å². The van der Waals surface area contributed by atoms with Gasteiger partial charge in [-0.2, -0.15) is 0 Å². The van der Waals surface area contributed by atoms with Crippen molar-refractivity contribution in [1.29, 1.82) is 0 Å². The Morgan fingerprint density at radius 1 is 1.36 bits per heavy atom. The molecule has 0 radical (unpaired) electrons. The number of nitrogens with zero attached hydrogens (tertiary/aromatic N) is 2. The Labute approximate surface area is 132 Å². The highest BCUT2D eigenvalue weighted by Gasteiger charge is 2.23. The molecule has 5 nitrogen and oxygen atoms in total. The van der Waals surface area contributed by atoms with Gasteiger partial charge in [0.15, 0.2) is 0 Å². The van der Waals surface area contributed by atoms with E-state index in [1.165, 1.54) is 19.3 Å². The molecule has 122 valence electrons. The zero-order chi connectivity index (χ0) is 15.2. The number of pyridine rings is 1. The van der Waals surface area contributed by atoms with Gasteiger partial charge in [-0.1, -0.05) is 0 Å². The van der Waals surface area contributed by atoms with E-state index < -0.39 is 0 Å². The minimum absolute atomic E-state index is 0.302. The molecule has 0 spiro atoms. The number of rotatable bonds is 7. The lowest BCUT2D eigenvalue weighted by Crippen LogP contribution is -2.28. The number of hydrogen-bond donors (Lipinski definition) is 2. The number of anilines is 1. The molecule has 0 saturated carbocycles.